The van der Waals surface area contributed by atoms with Gasteiger partial charge < -0.3 is 10.1 Å². The molecule has 2 nitrogen and oxygen atoms in total. The highest BCUT2D eigenvalue weighted by molar-refractivity contribution is 6.30. The fraction of sp³-hybridized carbons (Fsp3) is 0.600. The van der Waals surface area contributed by atoms with Gasteiger partial charge in [-0.15, -0.1) is 0 Å². The average molecular weight is 270 g/mol. The lowest BCUT2D eigenvalue weighted by molar-refractivity contribution is 0.265. The Balaban J connectivity index is 3.15. The predicted octanol–water partition coefficient (Wildman–Crippen LogP) is 4.44. The van der Waals surface area contributed by atoms with Crippen LogP contribution < -0.4 is 10.1 Å². The normalized spacial score (nSPS) is 13.4. The molecule has 0 aliphatic carbocycles. The molecule has 0 spiro atoms. The minimum absolute atomic E-state index is 0.104. The molecule has 0 saturated carbocycles. The maximum absolute atomic E-state index is 6.12. The Kier molecular flexibility index (Phi) is 5.48. The summed E-state index contributed by atoms with van der Waals surface area (Å²) in [7, 11) is 1.70. The average Bonchev–Trinajstić information content (AvgIpc) is 2.28. The lowest BCUT2D eigenvalue weighted by atomic mass is 9.82. The molecule has 18 heavy (non-hydrogen) atoms. The fourth-order valence-electron chi connectivity index (χ4n) is 2.10. The maximum atomic E-state index is 6.12. The highest BCUT2D eigenvalue weighted by Gasteiger charge is 2.28. The molecule has 1 rings (SSSR count). The number of halogens is 1. The van der Waals surface area contributed by atoms with Gasteiger partial charge in [-0.2, -0.15) is 0 Å². The van der Waals surface area contributed by atoms with Crippen molar-refractivity contribution < 1.29 is 4.74 Å². The number of nitrogens with one attached hydrogen (secondary N) is 1. The molecule has 1 aromatic rings. The summed E-state index contributed by atoms with van der Waals surface area (Å²) < 4.78 is 5.46. The van der Waals surface area contributed by atoms with Crippen LogP contribution in [0.15, 0.2) is 18.2 Å². The molecular formula is C15H24ClNO. The van der Waals surface area contributed by atoms with Gasteiger partial charge in [0.2, 0.25) is 0 Å². The van der Waals surface area contributed by atoms with Crippen molar-refractivity contribution in [3.63, 3.8) is 0 Å². The molecule has 0 amide bonds. The molecule has 0 aliphatic heterocycles. The van der Waals surface area contributed by atoms with Crippen LogP contribution in [0.1, 0.15) is 45.7 Å². The molecule has 1 N–H and O–H groups in total. The summed E-state index contributed by atoms with van der Waals surface area (Å²) in [6.45, 7) is 9.82. The van der Waals surface area contributed by atoms with Crippen molar-refractivity contribution in [1.29, 1.82) is 0 Å². The van der Waals surface area contributed by atoms with E-state index in [1.165, 1.54) is 0 Å². The van der Waals surface area contributed by atoms with E-state index < -0.39 is 0 Å². The summed E-state index contributed by atoms with van der Waals surface area (Å²) in [4.78, 5) is 0. The molecule has 0 fully saturated rings. The number of rotatable bonds is 5. The van der Waals surface area contributed by atoms with Gasteiger partial charge in [0, 0.05) is 16.6 Å². The minimum atomic E-state index is 0.104. The minimum Gasteiger partial charge on any atom is -0.496 e. The second-order valence-corrected chi connectivity index (χ2v) is 6.08. The van der Waals surface area contributed by atoms with Crippen LogP contribution in [0.5, 0.6) is 5.75 Å². The van der Waals surface area contributed by atoms with Crippen LogP contribution in [0.4, 0.5) is 0 Å². The molecule has 0 aromatic heterocycles. The van der Waals surface area contributed by atoms with Gasteiger partial charge in [-0.3, -0.25) is 0 Å². The molecule has 0 bridgehead atoms. The van der Waals surface area contributed by atoms with Crippen molar-refractivity contribution in [1.82, 2.24) is 5.32 Å². The van der Waals surface area contributed by atoms with Gasteiger partial charge in [-0.1, -0.05) is 39.3 Å². The fourth-order valence-corrected chi connectivity index (χ4v) is 2.28. The monoisotopic (exact) mass is 269 g/mol. The third-order valence-electron chi connectivity index (χ3n) is 2.97. The summed E-state index contributed by atoms with van der Waals surface area (Å²) >= 11 is 6.12. The smallest absolute Gasteiger partial charge is 0.123 e. The van der Waals surface area contributed by atoms with Crippen molar-refractivity contribution in [3.8, 4) is 5.75 Å². The largest absolute Gasteiger partial charge is 0.496 e. The molecule has 1 atom stereocenters. The van der Waals surface area contributed by atoms with Gasteiger partial charge in [0.25, 0.3) is 0 Å². The summed E-state index contributed by atoms with van der Waals surface area (Å²) in [6.07, 6.45) is 1.11. The molecule has 0 aliphatic rings. The Morgan fingerprint density at radius 1 is 1.33 bits per heavy atom. The van der Waals surface area contributed by atoms with Crippen LogP contribution >= 0.6 is 11.6 Å². The third kappa shape index (κ3) is 3.89. The highest BCUT2D eigenvalue weighted by Crippen LogP contribution is 2.38. The van der Waals surface area contributed by atoms with E-state index in [2.05, 4.69) is 33.0 Å². The number of hydrogen-bond donors (Lipinski definition) is 1. The Hall–Kier alpha value is -0.730. The Bertz CT molecular complexity index is 385. The lowest BCUT2D eigenvalue weighted by Gasteiger charge is -2.33. The molecule has 102 valence electrons. The van der Waals surface area contributed by atoms with Gasteiger partial charge in [0.1, 0.15) is 5.75 Å². The Morgan fingerprint density at radius 3 is 2.50 bits per heavy atom. The first-order valence-corrected chi connectivity index (χ1v) is 6.84. The van der Waals surface area contributed by atoms with E-state index in [4.69, 9.17) is 16.3 Å². The third-order valence-corrected chi connectivity index (χ3v) is 3.20. The van der Waals surface area contributed by atoms with E-state index in [9.17, 15) is 0 Å². The zero-order valence-electron chi connectivity index (χ0n) is 12.0. The molecule has 1 unspecified atom stereocenters. The van der Waals surface area contributed by atoms with Crippen LogP contribution in [-0.4, -0.2) is 13.7 Å². The summed E-state index contributed by atoms with van der Waals surface area (Å²) in [6, 6.07) is 6.03. The quantitative estimate of drug-likeness (QED) is 0.854. The first-order valence-electron chi connectivity index (χ1n) is 6.47. The van der Waals surface area contributed by atoms with Crippen molar-refractivity contribution in [3.05, 3.63) is 28.8 Å². The van der Waals surface area contributed by atoms with Crippen molar-refractivity contribution >= 4 is 11.6 Å². The second kappa shape index (κ2) is 6.44. The van der Waals surface area contributed by atoms with Crippen molar-refractivity contribution in [2.75, 3.05) is 13.7 Å². The van der Waals surface area contributed by atoms with E-state index in [0.29, 0.717) is 0 Å². The van der Waals surface area contributed by atoms with E-state index in [0.717, 1.165) is 29.3 Å². The van der Waals surface area contributed by atoms with E-state index in [1.54, 1.807) is 7.11 Å². The standard InChI is InChI=1S/C15H24ClNO/c1-6-9-17-14(15(2,3)4)12-10-11(16)7-8-13(12)18-5/h7-8,10,14,17H,6,9H2,1-5H3. The maximum Gasteiger partial charge on any atom is 0.123 e. The number of hydrogen-bond acceptors (Lipinski definition) is 2. The van der Waals surface area contributed by atoms with E-state index >= 15 is 0 Å². The first kappa shape index (κ1) is 15.3. The van der Waals surface area contributed by atoms with Crippen LogP contribution in [0.3, 0.4) is 0 Å². The van der Waals surface area contributed by atoms with Crippen LogP contribution in [0, 0.1) is 5.41 Å². The molecule has 0 radical (unpaired) electrons. The molecular weight excluding hydrogens is 246 g/mol. The number of methoxy groups -OCH3 is 1. The van der Waals surface area contributed by atoms with Gasteiger partial charge in [-0.05, 0) is 36.6 Å². The molecule has 0 saturated heterocycles. The Labute approximate surface area is 116 Å². The predicted molar refractivity (Wildman–Crippen MR) is 78.5 cm³/mol. The van der Waals surface area contributed by atoms with Crippen LogP contribution in [-0.2, 0) is 0 Å². The summed E-state index contributed by atoms with van der Waals surface area (Å²) in [5.74, 6) is 0.892. The molecule has 1 aromatic carbocycles. The van der Waals surface area contributed by atoms with Crippen molar-refractivity contribution in [2.45, 2.75) is 40.2 Å². The van der Waals surface area contributed by atoms with Gasteiger partial charge in [-0.25, -0.2) is 0 Å². The number of benzene rings is 1. The molecule has 0 heterocycles. The van der Waals surface area contributed by atoms with Gasteiger partial charge in [0.05, 0.1) is 7.11 Å². The molecule has 3 heteroatoms. The van der Waals surface area contributed by atoms with Gasteiger partial charge in [0.15, 0.2) is 0 Å². The lowest BCUT2D eigenvalue weighted by Crippen LogP contribution is -2.33. The SMILES string of the molecule is CCCNC(c1cc(Cl)ccc1OC)C(C)(C)C. The topological polar surface area (TPSA) is 21.3 Å². The van der Waals surface area contributed by atoms with Crippen LogP contribution in [0.25, 0.3) is 0 Å². The van der Waals surface area contributed by atoms with Crippen molar-refractivity contribution in [2.24, 2.45) is 5.41 Å². The zero-order chi connectivity index (χ0) is 13.8. The summed E-state index contributed by atoms with van der Waals surface area (Å²) in [5.41, 5.74) is 1.23. The van der Waals surface area contributed by atoms with E-state index in [-0.39, 0.29) is 11.5 Å². The number of ether oxygens (including phenoxy) is 1. The summed E-state index contributed by atoms with van der Waals surface area (Å²) in [5, 5.41) is 4.34. The Morgan fingerprint density at radius 2 is 2.00 bits per heavy atom. The van der Waals surface area contributed by atoms with Crippen LogP contribution in [0.2, 0.25) is 5.02 Å². The van der Waals surface area contributed by atoms with Gasteiger partial charge >= 0.3 is 0 Å². The highest BCUT2D eigenvalue weighted by atomic mass is 35.5. The first-order chi connectivity index (χ1) is 8.40. The second-order valence-electron chi connectivity index (χ2n) is 5.64. The van der Waals surface area contributed by atoms with E-state index in [1.807, 2.05) is 18.2 Å². The zero-order valence-corrected chi connectivity index (χ0v) is 12.8.